The van der Waals surface area contributed by atoms with E-state index in [-0.39, 0.29) is 16.6 Å². The lowest BCUT2D eigenvalue weighted by Gasteiger charge is -2.08. The number of aromatic nitrogens is 2. The highest BCUT2D eigenvalue weighted by atomic mass is 32.2. The van der Waals surface area contributed by atoms with Gasteiger partial charge in [0.2, 0.25) is 5.91 Å². The largest absolute Gasteiger partial charge is 0.496 e. The molecular weight excluding hydrogens is 471 g/mol. The topological polar surface area (TPSA) is 102 Å². The molecule has 0 radical (unpaired) electrons. The zero-order valence-electron chi connectivity index (χ0n) is 19.5. The van der Waals surface area contributed by atoms with Crippen LogP contribution in [0.25, 0.3) is 10.9 Å². The van der Waals surface area contributed by atoms with Crippen LogP contribution in [0.4, 0.5) is 10.2 Å². The Morgan fingerprint density at radius 3 is 2.54 bits per heavy atom. The second kappa shape index (κ2) is 9.75. The van der Waals surface area contributed by atoms with E-state index >= 15 is 0 Å². The van der Waals surface area contributed by atoms with Crippen molar-refractivity contribution in [2.75, 3.05) is 11.8 Å². The number of aryl methyl sites for hydroxylation is 1. The van der Waals surface area contributed by atoms with Gasteiger partial charge in [-0.2, -0.15) is 5.10 Å². The predicted octanol–water partition coefficient (Wildman–Crippen LogP) is 3.98. The molecule has 0 unspecified atom stereocenters. The number of hydrogen-bond acceptors (Lipinski definition) is 5. The maximum Gasteiger partial charge on any atom is 0.263 e. The molecule has 0 spiro atoms. The van der Waals surface area contributed by atoms with Crippen LogP contribution in [0.3, 0.4) is 0 Å². The summed E-state index contributed by atoms with van der Waals surface area (Å²) < 4.78 is 49.8. The predicted molar refractivity (Wildman–Crippen MR) is 131 cm³/mol. The standard InChI is InChI=1S/C25H25FN4O4S/c1-16-10-11-20(13-21(16)26)35(32,33)29-25-24-22(8-5-9-23(24)34-3)30(28-25)15-19-7-4-6-18(12-19)14-27-17(2)31/h4-13H,14-15H2,1-3H3,(H,27,31)(H,28,29). The van der Waals surface area contributed by atoms with Gasteiger partial charge in [-0.15, -0.1) is 0 Å². The number of sulfonamides is 1. The molecule has 0 fully saturated rings. The fourth-order valence-corrected chi connectivity index (χ4v) is 4.74. The van der Waals surface area contributed by atoms with Gasteiger partial charge in [0.1, 0.15) is 11.6 Å². The first-order valence-electron chi connectivity index (χ1n) is 10.8. The number of rotatable bonds is 8. The number of benzene rings is 3. The molecule has 35 heavy (non-hydrogen) atoms. The molecule has 8 nitrogen and oxygen atoms in total. The maximum atomic E-state index is 14.0. The van der Waals surface area contributed by atoms with Crippen LogP contribution in [0.15, 0.2) is 65.6 Å². The smallest absolute Gasteiger partial charge is 0.263 e. The average Bonchev–Trinajstić information content (AvgIpc) is 3.16. The second-order valence-corrected chi connectivity index (χ2v) is 9.79. The molecule has 2 N–H and O–H groups in total. The Balaban J connectivity index is 1.73. The number of amides is 1. The Morgan fingerprint density at radius 1 is 1.09 bits per heavy atom. The number of carbonyl (C=O) groups is 1. The molecule has 4 aromatic rings. The third-order valence-corrected chi connectivity index (χ3v) is 6.85. The molecule has 0 atom stereocenters. The first-order valence-corrected chi connectivity index (χ1v) is 12.3. The highest BCUT2D eigenvalue weighted by Gasteiger charge is 2.22. The van der Waals surface area contributed by atoms with E-state index in [0.29, 0.717) is 35.3 Å². The Kier molecular flexibility index (Phi) is 6.74. The quantitative estimate of drug-likeness (QED) is 0.384. The summed E-state index contributed by atoms with van der Waals surface area (Å²) >= 11 is 0. The summed E-state index contributed by atoms with van der Waals surface area (Å²) in [6.45, 7) is 3.76. The van der Waals surface area contributed by atoms with Crippen molar-refractivity contribution < 1.29 is 22.3 Å². The number of hydrogen-bond donors (Lipinski definition) is 2. The Bertz CT molecular complexity index is 1520. The highest BCUT2D eigenvalue weighted by molar-refractivity contribution is 7.92. The SMILES string of the molecule is COc1cccc2c1c(NS(=O)(=O)c1ccc(C)c(F)c1)nn2Cc1cccc(CNC(C)=O)c1. The zero-order valence-corrected chi connectivity index (χ0v) is 20.3. The number of methoxy groups -OCH3 is 1. The number of fused-ring (bicyclic) bond motifs is 1. The van der Waals surface area contributed by atoms with Gasteiger partial charge in [-0.25, -0.2) is 12.8 Å². The van der Waals surface area contributed by atoms with E-state index < -0.39 is 15.8 Å². The van der Waals surface area contributed by atoms with Gasteiger partial charge in [-0.3, -0.25) is 14.2 Å². The molecule has 4 rings (SSSR count). The van der Waals surface area contributed by atoms with Crippen LogP contribution in [-0.4, -0.2) is 31.2 Å². The van der Waals surface area contributed by atoms with Crippen LogP contribution in [-0.2, 0) is 27.9 Å². The van der Waals surface area contributed by atoms with Crippen LogP contribution in [0.2, 0.25) is 0 Å². The van der Waals surface area contributed by atoms with E-state index in [9.17, 15) is 17.6 Å². The number of carbonyl (C=O) groups excluding carboxylic acids is 1. The molecule has 182 valence electrons. The third kappa shape index (κ3) is 5.27. The average molecular weight is 497 g/mol. The number of halogens is 1. The fraction of sp³-hybridized carbons (Fsp3) is 0.200. The van der Waals surface area contributed by atoms with Crippen LogP contribution in [0.1, 0.15) is 23.6 Å². The van der Waals surface area contributed by atoms with Gasteiger partial charge in [-0.05, 0) is 47.9 Å². The van der Waals surface area contributed by atoms with Crippen LogP contribution < -0.4 is 14.8 Å². The van der Waals surface area contributed by atoms with Crippen LogP contribution in [0.5, 0.6) is 5.75 Å². The molecule has 3 aromatic carbocycles. The maximum absolute atomic E-state index is 14.0. The fourth-order valence-electron chi connectivity index (χ4n) is 3.72. The van der Waals surface area contributed by atoms with Gasteiger partial charge >= 0.3 is 0 Å². The summed E-state index contributed by atoms with van der Waals surface area (Å²) in [7, 11) is -2.62. The molecule has 0 saturated carbocycles. The van der Waals surface area contributed by atoms with E-state index in [1.54, 1.807) is 23.7 Å². The lowest BCUT2D eigenvalue weighted by molar-refractivity contribution is -0.119. The van der Waals surface area contributed by atoms with Crippen molar-refractivity contribution in [1.29, 1.82) is 0 Å². The molecule has 0 aliphatic carbocycles. The number of nitrogens with one attached hydrogen (secondary N) is 2. The second-order valence-electron chi connectivity index (χ2n) is 8.11. The number of nitrogens with zero attached hydrogens (tertiary/aromatic N) is 2. The summed E-state index contributed by atoms with van der Waals surface area (Å²) in [5.74, 6) is -0.209. The molecule has 0 saturated heterocycles. The molecule has 0 aliphatic rings. The van der Waals surface area contributed by atoms with E-state index in [4.69, 9.17) is 4.74 Å². The molecule has 1 heterocycles. The minimum absolute atomic E-state index is 0.0767. The van der Waals surface area contributed by atoms with Gasteiger partial charge in [0.25, 0.3) is 10.0 Å². The molecule has 0 aliphatic heterocycles. The van der Waals surface area contributed by atoms with Gasteiger partial charge in [-0.1, -0.05) is 36.4 Å². The molecular formula is C25H25FN4O4S. The Labute approximate surface area is 202 Å². The first-order chi connectivity index (χ1) is 16.7. The Hall–Kier alpha value is -3.92. The van der Waals surface area contributed by atoms with Crippen molar-refractivity contribution in [3.05, 3.63) is 83.2 Å². The highest BCUT2D eigenvalue weighted by Crippen LogP contribution is 2.34. The number of ether oxygens (including phenoxy) is 1. The third-order valence-electron chi connectivity index (χ3n) is 5.51. The minimum atomic E-state index is -4.11. The summed E-state index contributed by atoms with van der Waals surface area (Å²) in [4.78, 5) is 11.0. The summed E-state index contributed by atoms with van der Waals surface area (Å²) in [5.41, 5.74) is 2.84. The van der Waals surface area contributed by atoms with Crippen molar-refractivity contribution in [3.8, 4) is 5.75 Å². The summed E-state index contributed by atoms with van der Waals surface area (Å²) in [6, 6.07) is 16.7. The molecule has 1 aromatic heterocycles. The molecule has 1 amide bonds. The van der Waals surface area contributed by atoms with Crippen LogP contribution in [0, 0.1) is 12.7 Å². The van der Waals surface area contributed by atoms with Crippen molar-refractivity contribution in [3.63, 3.8) is 0 Å². The van der Waals surface area contributed by atoms with Crippen molar-refractivity contribution in [1.82, 2.24) is 15.1 Å². The lowest BCUT2D eigenvalue weighted by atomic mass is 10.1. The van der Waals surface area contributed by atoms with Crippen molar-refractivity contribution >= 4 is 32.7 Å². The normalized spacial score (nSPS) is 11.4. The van der Waals surface area contributed by atoms with Crippen molar-refractivity contribution in [2.45, 2.75) is 31.8 Å². The summed E-state index contributed by atoms with van der Waals surface area (Å²) in [5, 5.41) is 7.79. The van der Waals surface area contributed by atoms with E-state index in [2.05, 4.69) is 15.1 Å². The number of anilines is 1. The molecule has 0 bridgehead atoms. The van der Waals surface area contributed by atoms with Crippen molar-refractivity contribution in [2.24, 2.45) is 0 Å². The van der Waals surface area contributed by atoms with Gasteiger partial charge in [0.05, 0.1) is 29.5 Å². The Morgan fingerprint density at radius 2 is 1.83 bits per heavy atom. The van der Waals surface area contributed by atoms with E-state index in [0.717, 1.165) is 17.2 Å². The van der Waals surface area contributed by atoms with Gasteiger partial charge < -0.3 is 10.1 Å². The van der Waals surface area contributed by atoms with E-state index in [1.165, 1.54) is 26.2 Å². The lowest BCUT2D eigenvalue weighted by Crippen LogP contribution is -2.19. The van der Waals surface area contributed by atoms with Crippen LogP contribution >= 0.6 is 0 Å². The monoisotopic (exact) mass is 496 g/mol. The molecule has 10 heteroatoms. The first kappa shape index (κ1) is 24.2. The van der Waals surface area contributed by atoms with E-state index in [1.807, 2.05) is 30.3 Å². The van der Waals surface area contributed by atoms with Gasteiger partial charge in [0, 0.05) is 13.5 Å². The summed E-state index contributed by atoms with van der Waals surface area (Å²) in [6.07, 6.45) is 0. The zero-order chi connectivity index (χ0) is 25.2. The minimum Gasteiger partial charge on any atom is -0.496 e. The van der Waals surface area contributed by atoms with Gasteiger partial charge in [0.15, 0.2) is 5.82 Å².